The van der Waals surface area contributed by atoms with Crippen molar-refractivity contribution in [2.45, 2.75) is 0 Å². The van der Waals surface area contributed by atoms with E-state index >= 15 is 0 Å². The van der Waals surface area contributed by atoms with Gasteiger partial charge in [0.15, 0.2) is 0 Å². The summed E-state index contributed by atoms with van der Waals surface area (Å²) in [7, 11) is 0. The van der Waals surface area contributed by atoms with Crippen LogP contribution in [0.3, 0.4) is 0 Å². The summed E-state index contributed by atoms with van der Waals surface area (Å²) in [6.45, 7) is 0. The maximum absolute atomic E-state index is 13.0. The van der Waals surface area contributed by atoms with Crippen LogP contribution in [-0.2, 0) is 0 Å². The number of halogens is 3. The van der Waals surface area contributed by atoms with E-state index < -0.39 is 0 Å². The molecule has 0 bridgehead atoms. The molecule has 18 heavy (non-hydrogen) atoms. The molecule has 0 saturated carbocycles. The van der Waals surface area contributed by atoms with E-state index in [2.05, 4.69) is 43.8 Å². The lowest BCUT2D eigenvalue weighted by Gasteiger charge is -2.07. The first-order valence-corrected chi connectivity index (χ1v) is 6.95. The van der Waals surface area contributed by atoms with Crippen molar-refractivity contribution in [2.24, 2.45) is 0 Å². The summed E-state index contributed by atoms with van der Waals surface area (Å²) in [4.78, 5) is 12.0. The molecule has 0 heterocycles. The molecule has 0 unspecified atom stereocenters. The van der Waals surface area contributed by atoms with Gasteiger partial charge in [0.1, 0.15) is 5.82 Å². The third-order valence-electron chi connectivity index (χ3n) is 2.26. The van der Waals surface area contributed by atoms with Crippen LogP contribution in [0, 0.1) is 9.39 Å². The van der Waals surface area contributed by atoms with Gasteiger partial charge >= 0.3 is 0 Å². The first kappa shape index (κ1) is 13.5. The van der Waals surface area contributed by atoms with Gasteiger partial charge in [-0.25, -0.2) is 4.39 Å². The average Bonchev–Trinajstić information content (AvgIpc) is 2.32. The highest BCUT2D eigenvalue weighted by Gasteiger charge is 2.10. The van der Waals surface area contributed by atoms with Crippen LogP contribution < -0.4 is 5.32 Å². The Morgan fingerprint density at radius 1 is 1.22 bits per heavy atom. The van der Waals surface area contributed by atoms with E-state index in [1.807, 2.05) is 12.1 Å². The number of carbonyl (C=O) groups excluding carboxylic acids is 1. The second-order valence-electron chi connectivity index (χ2n) is 3.59. The van der Waals surface area contributed by atoms with Crippen LogP contribution in [0.25, 0.3) is 0 Å². The summed E-state index contributed by atoms with van der Waals surface area (Å²) in [6, 6.07) is 11.2. The van der Waals surface area contributed by atoms with Crippen molar-refractivity contribution in [1.29, 1.82) is 0 Å². The predicted molar refractivity (Wildman–Crippen MR) is 81.2 cm³/mol. The van der Waals surface area contributed by atoms with Crippen LogP contribution >= 0.6 is 38.5 Å². The minimum Gasteiger partial charge on any atom is -0.322 e. The number of amides is 1. The van der Waals surface area contributed by atoms with Gasteiger partial charge in [-0.1, -0.05) is 22.0 Å². The molecule has 0 saturated heterocycles. The molecule has 0 aliphatic heterocycles. The smallest absolute Gasteiger partial charge is 0.256 e. The molecule has 2 aromatic rings. The van der Waals surface area contributed by atoms with Gasteiger partial charge in [-0.2, -0.15) is 0 Å². The number of hydrogen-bond acceptors (Lipinski definition) is 1. The molecule has 0 aliphatic carbocycles. The zero-order valence-electron chi connectivity index (χ0n) is 9.08. The van der Waals surface area contributed by atoms with Crippen molar-refractivity contribution in [3.8, 4) is 0 Å². The normalized spacial score (nSPS) is 10.2. The van der Waals surface area contributed by atoms with E-state index in [-0.39, 0.29) is 11.7 Å². The first-order valence-electron chi connectivity index (χ1n) is 5.08. The molecule has 2 nitrogen and oxygen atoms in total. The lowest BCUT2D eigenvalue weighted by atomic mass is 10.2. The number of rotatable bonds is 2. The topological polar surface area (TPSA) is 29.1 Å². The molecule has 0 spiro atoms. The Morgan fingerprint density at radius 3 is 2.72 bits per heavy atom. The number of carbonyl (C=O) groups is 1. The molecule has 92 valence electrons. The SMILES string of the molecule is O=C(Nc1cccc(F)c1)c1cc(Br)ccc1I. The number of benzene rings is 2. The van der Waals surface area contributed by atoms with Gasteiger partial charge < -0.3 is 5.32 Å². The predicted octanol–water partition coefficient (Wildman–Crippen LogP) is 4.45. The number of anilines is 1. The summed E-state index contributed by atoms with van der Waals surface area (Å²) < 4.78 is 14.7. The van der Waals surface area contributed by atoms with Gasteiger partial charge in [-0.05, 0) is 59.0 Å². The van der Waals surface area contributed by atoms with Gasteiger partial charge in [0.25, 0.3) is 5.91 Å². The maximum Gasteiger partial charge on any atom is 0.256 e. The van der Waals surface area contributed by atoms with Gasteiger partial charge in [-0.3, -0.25) is 4.79 Å². The molecular weight excluding hydrogens is 412 g/mol. The maximum atomic E-state index is 13.0. The van der Waals surface area contributed by atoms with Crippen molar-refractivity contribution >= 4 is 50.1 Å². The Morgan fingerprint density at radius 2 is 2.00 bits per heavy atom. The second kappa shape index (κ2) is 5.79. The highest BCUT2D eigenvalue weighted by atomic mass is 127. The fourth-order valence-electron chi connectivity index (χ4n) is 1.44. The van der Waals surface area contributed by atoms with Gasteiger partial charge in [0.05, 0.1) is 5.56 Å². The van der Waals surface area contributed by atoms with Crippen molar-refractivity contribution in [3.05, 3.63) is 61.9 Å². The molecule has 0 radical (unpaired) electrons. The van der Waals surface area contributed by atoms with E-state index in [1.165, 1.54) is 12.1 Å². The van der Waals surface area contributed by atoms with Gasteiger partial charge in [-0.15, -0.1) is 0 Å². The molecule has 1 amide bonds. The van der Waals surface area contributed by atoms with Crippen LogP contribution in [0.15, 0.2) is 46.9 Å². The summed E-state index contributed by atoms with van der Waals surface area (Å²) in [5, 5.41) is 2.66. The quantitative estimate of drug-likeness (QED) is 0.716. The second-order valence-corrected chi connectivity index (χ2v) is 5.67. The Hall–Kier alpha value is -0.950. The standard InChI is InChI=1S/C13H8BrFINO/c14-8-4-5-12(16)11(6-8)13(18)17-10-3-1-2-9(15)7-10/h1-7H,(H,17,18). The van der Waals surface area contributed by atoms with Crippen LogP contribution in [-0.4, -0.2) is 5.91 Å². The molecule has 0 atom stereocenters. The summed E-state index contributed by atoms with van der Waals surface area (Å²) in [5.74, 6) is -0.636. The van der Waals surface area contributed by atoms with E-state index in [0.29, 0.717) is 11.3 Å². The minimum atomic E-state index is -0.378. The van der Waals surface area contributed by atoms with E-state index in [9.17, 15) is 9.18 Å². The summed E-state index contributed by atoms with van der Waals surface area (Å²) >= 11 is 5.40. The van der Waals surface area contributed by atoms with Crippen molar-refractivity contribution in [1.82, 2.24) is 0 Å². The third-order valence-corrected chi connectivity index (χ3v) is 3.69. The van der Waals surface area contributed by atoms with E-state index in [1.54, 1.807) is 18.2 Å². The fraction of sp³-hybridized carbons (Fsp3) is 0. The molecule has 5 heteroatoms. The van der Waals surface area contributed by atoms with Crippen LogP contribution in [0.4, 0.5) is 10.1 Å². The first-order chi connectivity index (χ1) is 8.56. The lowest BCUT2D eigenvalue weighted by molar-refractivity contribution is 0.102. The monoisotopic (exact) mass is 419 g/mol. The highest BCUT2D eigenvalue weighted by molar-refractivity contribution is 14.1. The molecule has 2 aromatic carbocycles. The van der Waals surface area contributed by atoms with E-state index in [4.69, 9.17) is 0 Å². The number of nitrogens with one attached hydrogen (secondary N) is 1. The highest BCUT2D eigenvalue weighted by Crippen LogP contribution is 2.20. The Labute approximate surface area is 126 Å². The van der Waals surface area contributed by atoms with Gasteiger partial charge in [0, 0.05) is 13.7 Å². The fourth-order valence-corrected chi connectivity index (χ4v) is 2.38. The van der Waals surface area contributed by atoms with Crippen LogP contribution in [0.2, 0.25) is 0 Å². The Kier molecular flexibility index (Phi) is 4.34. The Bertz CT molecular complexity index is 603. The minimum absolute atomic E-state index is 0.258. The molecule has 0 aliphatic rings. The van der Waals surface area contributed by atoms with Crippen LogP contribution in [0.1, 0.15) is 10.4 Å². The van der Waals surface area contributed by atoms with Crippen molar-refractivity contribution < 1.29 is 9.18 Å². The lowest BCUT2D eigenvalue weighted by Crippen LogP contribution is -2.13. The third kappa shape index (κ3) is 3.29. The van der Waals surface area contributed by atoms with Crippen molar-refractivity contribution in [3.63, 3.8) is 0 Å². The summed E-state index contributed by atoms with van der Waals surface area (Å²) in [6.07, 6.45) is 0. The molecular formula is C13H8BrFINO. The van der Waals surface area contributed by atoms with Crippen molar-refractivity contribution in [2.75, 3.05) is 5.32 Å². The number of hydrogen-bond donors (Lipinski definition) is 1. The molecule has 0 fully saturated rings. The average molecular weight is 420 g/mol. The Balaban J connectivity index is 2.24. The van der Waals surface area contributed by atoms with E-state index in [0.717, 1.165) is 8.04 Å². The zero-order valence-corrected chi connectivity index (χ0v) is 12.8. The van der Waals surface area contributed by atoms with Crippen LogP contribution in [0.5, 0.6) is 0 Å². The molecule has 1 N–H and O–H groups in total. The largest absolute Gasteiger partial charge is 0.322 e. The molecule has 2 rings (SSSR count). The van der Waals surface area contributed by atoms with Gasteiger partial charge in [0.2, 0.25) is 0 Å². The summed E-state index contributed by atoms with van der Waals surface area (Å²) in [5.41, 5.74) is 0.991. The zero-order chi connectivity index (χ0) is 13.1. The molecule has 0 aromatic heterocycles.